The molecule has 3 rings (SSSR count). The number of hydrogen-bond donors (Lipinski definition) is 1. The summed E-state index contributed by atoms with van der Waals surface area (Å²) >= 11 is 0. The van der Waals surface area contributed by atoms with Crippen LogP contribution in [-0.2, 0) is 0 Å². The van der Waals surface area contributed by atoms with Gasteiger partial charge in [0.15, 0.2) is 0 Å². The number of rotatable bonds is 2. The maximum atomic E-state index is 13.1. The Hall–Kier alpha value is -2.07. The van der Waals surface area contributed by atoms with Crippen LogP contribution in [-0.4, -0.2) is 0 Å². The fraction of sp³-hybridized carbons (Fsp3) is 0.200. The average Bonchev–Trinajstić information content (AvgIpc) is 2.91. The topological polar surface area (TPSA) is 52.3 Å². The van der Waals surface area contributed by atoms with Crippen LogP contribution in [0, 0.1) is 19.7 Å². The van der Waals surface area contributed by atoms with Crippen LogP contribution in [0.15, 0.2) is 39.2 Å². The molecule has 98 valence electrons. The highest BCUT2D eigenvalue weighted by Crippen LogP contribution is 2.30. The molecular formula is C15H14FNO2. The van der Waals surface area contributed by atoms with Gasteiger partial charge in [0.05, 0.1) is 6.04 Å². The molecule has 0 saturated carbocycles. The van der Waals surface area contributed by atoms with Crippen molar-refractivity contribution < 1.29 is 13.2 Å². The van der Waals surface area contributed by atoms with Gasteiger partial charge in [0.1, 0.15) is 28.7 Å². The van der Waals surface area contributed by atoms with Crippen molar-refractivity contribution in [2.45, 2.75) is 19.9 Å². The van der Waals surface area contributed by atoms with Crippen molar-refractivity contribution in [2.75, 3.05) is 0 Å². The van der Waals surface area contributed by atoms with E-state index in [1.54, 1.807) is 12.1 Å². The predicted molar refractivity (Wildman–Crippen MR) is 70.4 cm³/mol. The Morgan fingerprint density at radius 2 is 1.89 bits per heavy atom. The maximum absolute atomic E-state index is 13.1. The molecule has 0 spiro atoms. The molecule has 3 aromatic rings. The molecule has 1 atom stereocenters. The zero-order valence-electron chi connectivity index (χ0n) is 10.7. The van der Waals surface area contributed by atoms with Gasteiger partial charge < -0.3 is 14.6 Å². The Bertz CT molecular complexity index is 742. The summed E-state index contributed by atoms with van der Waals surface area (Å²) in [4.78, 5) is 0. The van der Waals surface area contributed by atoms with Crippen LogP contribution in [0.4, 0.5) is 4.39 Å². The Kier molecular flexibility index (Phi) is 2.68. The Morgan fingerprint density at radius 1 is 1.11 bits per heavy atom. The third-order valence-electron chi connectivity index (χ3n) is 3.22. The fourth-order valence-electron chi connectivity index (χ4n) is 2.30. The quantitative estimate of drug-likeness (QED) is 0.761. The first-order valence-electron chi connectivity index (χ1n) is 6.06. The summed E-state index contributed by atoms with van der Waals surface area (Å²) in [7, 11) is 0. The maximum Gasteiger partial charge on any atom is 0.134 e. The van der Waals surface area contributed by atoms with Crippen molar-refractivity contribution in [1.82, 2.24) is 0 Å². The smallest absolute Gasteiger partial charge is 0.134 e. The highest BCUT2D eigenvalue weighted by atomic mass is 19.1. The van der Waals surface area contributed by atoms with E-state index in [1.165, 1.54) is 12.1 Å². The summed E-state index contributed by atoms with van der Waals surface area (Å²) in [6.45, 7) is 3.74. The van der Waals surface area contributed by atoms with Gasteiger partial charge in [-0.1, -0.05) is 0 Å². The molecule has 19 heavy (non-hydrogen) atoms. The van der Waals surface area contributed by atoms with Gasteiger partial charge in [-0.3, -0.25) is 0 Å². The minimum Gasteiger partial charge on any atom is -0.466 e. The van der Waals surface area contributed by atoms with E-state index >= 15 is 0 Å². The molecule has 0 aliphatic rings. The molecule has 0 amide bonds. The lowest BCUT2D eigenvalue weighted by Crippen LogP contribution is -2.10. The lowest BCUT2D eigenvalue weighted by Gasteiger charge is -2.06. The third-order valence-corrected chi connectivity index (χ3v) is 3.22. The molecule has 4 heteroatoms. The second kappa shape index (κ2) is 4.24. The lowest BCUT2D eigenvalue weighted by atomic mass is 10.1. The van der Waals surface area contributed by atoms with Gasteiger partial charge >= 0.3 is 0 Å². The van der Waals surface area contributed by atoms with Gasteiger partial charge in [-0.15, -0.1) is 0 Å². The van der Waals surface area contributed by atoms with Crippen LogP contribution < -0.4 is 5.73 Å². The van der Waals surface area contributed by atoms with Crippen LogP contribution in [0.3, 0.4) is 0 Å². The summed E-state index contributed by atoms with van der Waals surface area (Å²) in [6.07, 6.45) is 0. The van der Waals surface area contributed by atoms with Gasteiger partial charge in [0.25, 0.3) is 0 Å². The van der Waals surface area contributed by atoms with E-state index in [-0.39, 0.29) is 5.82 Å². The molecule has 0 aliphatic carbocycles. The molecule has 0 bridgehead atoms. The fourth-order valence-corrected chi connectivity index (χ4v) is 2.30. The van der Waals surface area contributed by atoms with Gasteiger partial charge in [0, 0.05) is 10.9 Å². The summed E-state index contributed by atoms with van der Waals surface area (Å²) in [5.41, 5.74) is 7.70. The summed E-state index contributed by atoms with van der Waals surface area (Å²) in [5.74, 6) is 1.90. The van der Waals surface area contributed by atoms with Crippen LogP contribution in [0.5, 0.6) is 0 Å². The van der Waals surface area contributed by atoms with Crippen molar-refractivity contribution in [2.24, 2.45) is 5.73 Å². The van der Waals surface area contributed by atoms with Gasteiger partial charge in [0.2, 0.25) is 0 Å². The molecule has 3 nitrogen and oxygen atoms in total. The Labute approximate surface area is 109 Å². The summed E-state index contributed by atoms with van der Waals surface area (Å²) in [5, 5.41) is 0.711. The van der Waals surface area contributed by atoms with Crippen LogP contribution >= 0.6 is 0 Å². The van der Waals surface area contributed by atoms with E-state index in [9.17, 15) is 4.39 Å². The first kappa shape index (κ1) is 12.0. The van der Waals surface area contributed by atoms with E-state index in [0.29, 0.717) is 16.7 Å². The second-order valence-corrected chi connectivity index (χ2v) is 4.68. The van der Waals surface area contributed by atoms with Crippen LogP contribution in [0.2, 0.25) is 0 Å². The summed E-state index contributed by atoms with van der Waals surface area (Å²) < 4.78 is 24.3. The predicted octanol–water partition coefficient (Wildman–Crippen LogP) is 3.83. The number of halogens is 1. The minimum absolute atomic E-state index is 0.288. The molecule has 2 N–H and O–H groups in total. The van der Waals surface area contributed by atoms with E-state index in [1.807, 2.05) is 19.9 Å². The van der Waals surface area contributed by atoms with Crippen molar-refractivity contribution in [3.05, 3.63) is 59.0 Å². The molecule has 1 aromatic carbocycles. The zero-order valence-corrected chi connectivity index (χ0v) is 10.7. The number of hydrogen-bond acceptors (Lipinski definition) is 3. The van der Waals surface area contributed by atoms with Crippen LogP contribution in [0.25, 0.3) is 11.0 Å². The molecule has 2 heterocycles. The number of nitrogens with two attached hydrogens (primary N) is 1. The van der Waals surface area contributed by atoms with E-state index in [0.717, 1.165) is 17.1 Å². The Morgan fingerprint density at radius 3 is 2.58 bits per heavy atom. The average molecular weight is 259 g/mol. The standard InChI is InChI=1S/C15H14FNO2/c1-8-5-12(9(2)18-8)15(17)14-7-10-6-11(16)3-4-13(10)19-14/h3-7,15H,17H2,1-2H3. The highest BCUT2D eigenvalue weighted by Gasteiger charge is 2.19. The molecular weight excluding hydrogens is 245 g/mol. The first-order valence-corrected chi connectivity index (χ1v) is 6.06. The number of benzene rings is 1. The van der Waals surface area contributed by atoms with E-state index in [4.69, 9.17) is 14.6 Å². The van der Waals surface area contributed by atoms with E-state index in [2.05, 4.69) is 0 Å². The van der Waals surface area contributed by atoms with Crippen LogP contribution in [0.1, 0.15) is 28.9 Å². The van der Waals surface area contributed by atoms with Gasteiger partial charge in [-0.05, 0) is 44.2 Å². The van der Waals surface area contributed by atoms with Crippen molar-refractivity contribution in [1.29, 1.82) is 0 Å². The third kappa shape index (κ3) is 2.04. The minimum atomic E-state index is -0.409. The first-order chi connectivity index (χ1) is 9.04. The molecule has 0 aliphatic heterocycles. The SMILES string of the molecule is Cc1cc(C(N)c2cc3cc(F)ccc3o2)c(C)o1. The molecule has 0 saturated heterocycles. The number of fused-ring (bicyclic) bond motifs is 1. The number of aryl methyl sites for hydroxylation is 2. The molecule has 0 radical (unpaired) electrons. The second-order valence-electron chi connectivity index (χ2n) is 4.68. The summed E-state index contributed by atoms with van der Waals surface area (Å²) in [6, 6.07) is 7.66. The molecule has 0 fully saturated rings. The normalized spacial score (nSPS) is 13.1. The van der Waals surface area contributed by atoms with Crippen molar-refractivity contribution in [3.63, 3.8) is 0 Å². The van der Waals surface area contributed by atoms with Gasteiger partial charge in [-0.25, -0.2) is 4.39 Å². The van der Waals surface area contributed by atoms with E-state index < -0.39 is 6.04 Å². The monoisotopic (exact) mass is 259 g/mol. The lowest BCUT2D eigenvalue weighted by molar-refractivity contribution is 0.489. The largest absolute Gasteiger partial charge is 0.466 e. The molecule has 2 aromatic heterocycles. The number of furan rings is 2. The van der Waals surface area contributed by atoms with Crippen molar-refractivity contribution >= 4 is 11.0 Å². The zero-order chi connectivity index (χ0) is 13.6. The Balaban J connectivity index is 2.06. The highest BCUT2D eigenvalue weighted by molar-refractivity contribution is 5.78. The van der Waals surface area contributed by atoms with Gasteiger partial charge in [-0.2, -0.15) is 0 Å². The van der Waals surface area contributed by atoms with Crippen molar-refractivity contribution in [3.8, 4) is 0 Å². The molecule has 1 unspecified atom stereocenters.